The first-order valence-corrected chi connectivity index (χ1v) is 8.13. The number of hydrogen-bond acceptors (Lipinski definition) is 3. The van der Waals surface area contributed by atoms with E-state index in [0.29, 0.717) is 12.2 Å². The van der Waals surface area contributed by atoms with Gasteiger partial charge in [-0.2, -0.15) is 5.26 Å². The lowest BCUT2D eigenvalue weighted by atomic mass is 9.81. The second kappa shape index (κ2) is 8.09. The van der Waals surface area contributed by atoms with Crippen molar-refractivity contribution >= 4 is 0 Å². The zero-order chi connectivity index (χ0) is 17.2. The third kappa shape index (κ3) is 3.92. The number of fused-ring (bicyclic) bond motifs is 1. The molecule has 0 aromatic heterocycles. The molecule has 1 atom stereocenters. The van der Waals surface area contributed by atoms with Crippen LogP contribution in [0.2, 0.25) is 0 Å². The van der Waals surface area contributed by atoms with Gasteiger partial charge in [-0.1, -0.05) is 18.2 Å². The van der Waals surface area contributed by atoms with Crippen LogP contribution in [0.25, 0.3) is 0 Å². The van der Waals surface area contributed by atoms with Gasteiger partial charge in [0.2, 0.25) is 0 Å². The SMILES string of the molecule is CN(C)CCCC1(c2ccc(F)cc2)OCc2cc(C#N)ccc21.[Br-]. The minimum absolute atomic E-state index is 0. The van der Waals surface area contributed by atoms with Crippen molar-refractivity contribution in [2.75, 3.05) is 20.6 Å². The molecule has 0 saturated heterocycles. The van der Waals surface area contributed by atoms with Crippen molar-refractivity contribution < 1.29 is 26.1 Å². The summed E-state index contributed by atoms with van der Waals surface area (Å²) in [5, 5.41) is 9.11. The van der Waals surface area contributed by atoms with Crippen molar-refractivity contribution in [1.82, 2.24) is 4.90 Å². The molecule has 3 rings (SSSR count). The summed E-state index contributed by atoms with van der Waals surface area (Å²) in [7, 11) is 4.10. The highest BCUT2D eigenvalue weighted by molar-refractivity contribution is 5.47. The molecule has 0 aliphatic carbocycles. The highest BCUT2D eigenvalue weighted by Crippen LogP contribution is 2.45. The maximum atomic E-state index is 13.4. The van der Waals surface area contributed by atoms with Crippen LogP contribution in [0.5, 0.6) is 0 Å². The molecule has 1 aliphatic heterocycles. The minimum atomic E-state index is -0.562. The molecule has 0 bridgehead atoms. The first kappa shape index (κ1) is 19.6. The van der Waals surface area contributed by atoms with Gasteiger partial charge >= 0.3 is 0 Å². The molecule has 0 spiro atoms. The topological polar surface area (TPSA) is 36.3 Å². The third-order valence-electron chi connectivity index (χ3n) is 4.59. The fraction of sp³-hybridized carbons (Fsp3) is 0.350. The van der Waals surface area contributed by atoms with Gasteiger partial charge in [0.05, 0.1) is 18.2 Å². The average Bonchev–Trinajstić information content (AvgIpc) is 2.94. The van der Waals surface area contributed by atoms with Crippen molar-refractivity contribution in [3.8, 4) is 6.07 Å². The molecule has 3 nitrogen and oxygen atoms in total. The fourth-order valence-corrected chi connectivity index (χ4v) is 3.41. The van der Waals surface area contributed by atoms with Crippen molar-refractivity contribution in [3.05, 3.63) is 70.5 Å². The van der Waals surface area contributed by atoms with Gasteiger partial charge in [-0.05, 0) is 74.4 Å². The molecule has 2 aromatic rings. The normalized spacial score (nSPS) is 18.5. The minimum Gasteiger partial charge on any atom is -1.00 e. The Bertz CT molecular complexity index is 770. The maximum absolute atomic E-state index is 13.4. The van der Waals surface area contributed by atoms with Crippen molar-refractivity contribution in [2.24, 2.45) is 0 Å². The van der Waals surface area contributed by atoms with Crippen LogP contribution in [-0.2, 0) is 16.9 Å². The molecule has 0 radical (unpaired) electrons. The van der Waals surface area contributed by atoms with Crippen LogP contribution in [0.1, 0.15) is 35.1 Å². The number of nitriles is 1. The van der Waals surface area contributed by atoms with Crippen LogP contribution < -0.4 is 17.0 Å². The van der Waals surface area contributed by atoms with E-state index in [1.807, 2.05) is 32.3 Å². The van der Waals surface area contributed by atoms with E-state index in [2.05, 4.69) is 11.0 Å². The molecular weight excluding hydrogens is 383 g/mol. The molecule has 0 amide bonds. The van der Waals surface area contributed by atoms with E-state index in [-0.39, 0.29) is 22.8 Å². The molecule has 132 valence electrons. The van der Waals surface area contributed by atoms with Gasteiger partial charge in [-0.25, -0.2) is 4.39 Å². The van der Waals surface area contributed by atoms with Gasteiger partial charge < -0.3 is 26.6 Å². The van der Waals surface area contributed by atoms with Gasteiger partial charge in [-0.3, -0.25) is 0 Å². The standard InChI is InChI=1S/C20H21FN2O.BrH/c1-23(2)11-3-10-20(17-5-7-18(21)8-6-17)19-9-4-15(13-22)12-16(19)14-24-20;/h4-9,12H,3,10-11,14H2,1-2H3;1H/p-1. The zero-order valence-electron chi connectivity index (χ0n) is 14.4. The average molecular weight is 404 g/mol. The van der Waals surface area contributed by atoms with Crippen LogP contribution in [0.3, 0.4) is 0 Å². The third-order valence-corrected chi connectivity index (χ3v) is 4.59. The van der Waals surface area contributed by atoms with Gasteiger partial charge in [0.1, 0.15) is 11.4 Å². The van der Waals surface area contributed by atoms with E-state index < -0.39 is 5.60 Å². The smallest absolute Gasteiger partial charge is 0.123 e. The predicted octanol–water partition coefficient (Wildman–Crippen LogP) is 0.817. The largest absolute Gasteiger partial charge is 1.00 e. The summed E-state index contributed by atoms with van der Waals surface area (Å²) in [4.78, 5) is 2.15. The molecule has 2 aromatic carbocycles. The van der Waals surface area contributed by atoms with Crippen molar-refractivity contribution in [2.45, 2.75) is 25.0 Å². The lowest BCUT2D eigenvalue weighted by Crippen LogP contribution is -3.00. The summed E-state index contributed by atoms with van der Waals surface area (Å²) in [5.41, 5.74) is 3.18. The summed E-state index contributed by atoms with van der Waals surface area (Å²) in [5.74, 6) is -0.250. The van der Waals surface area contributed by atoms with E-state index in [1.54, 1.807) is 12.1 Å². The predicted molar refractivity (Wildman–Crippen MR) is 90.9 cm³/mol. The lowest BCUT2D eigenvalue weighted by molar-refractivity contribution is -0.0140. The zero-order valence-corrected chi connectivity index (χ0v) is 16.0. The first-order valence-electron chi connectivity index (χ1n) is 8.13. The quantitative estimate of drug-likeness (QED) is 0.741. The number of hydrogen-bond donors (Lipinski definition) is 0. The van der Waals surface area contributed by atoms with Gasteiger partial charge in [0.25, 0.3) is 0 Å². The number of rotatable bonds is 5. The van der Waals surface area contributed by atoms with Crippen molar-refractivity contribution in [3.63, 3.8) is 0 Å². The Labute approximate surface area is 158 Å². The fourth-order valence-electron chi connectivity index (χ4n) is 3.41. The van der Waals surface area contributed by atoms with Gasteiger partial charge in [0, 0.05) is 0 Å². The van der Waals surface area contributed by atoms with Crippen LogP contribution in [-0.4, -0.2) is 25.5 Å². The molecule has 0 fully saturated rings. The molecule has 0 saturated carbocycles. The first-order chi connectivity index (χ1) is 11.5. The number of nitrogens with zero attached hydrogens (tertiary/aromatic N) is 2. The number of ether oxygens (including phenoxy) is 1. The van der Waals surface area contributed by atoms with E-state index >= 15 is 0 Å². The Morgan fingerprint density at radius 2 is 1.92 bits per heavy atom. The van der Waals surface area contributed by atoms with Crippen molar-refractivity contribution in [1.29, 1.82) is 5.26 Å². The molecule has 25 heavy (non-hydrogen) atoms. The monoisotopic (exact) mass is 403 g/mol. The van der Waals surface area contributed by atoms with E-state index in [1.165, 1.54) is 12.1 Å². The van der Waals surface area contributed by atoms with Gasteiger partial charge in [0.15, 0.2) is 0 Å². The highest BCUT2D eigenvalue weighted by Gasteiger charge is 2.41. The van der Waals surface area contributed by atoms with E-state index in [0.717, 1.165) is 36.1 Å². The van der Waals surface area contributed by atoms with Crippen LogP contribution in [0.4, 0.5) is 4.39 Å². The van der Waals surface area contributed by atoms with Crippen LogP contribution in [0, 0.1) is 17.1 Å². The molecule has 1 aliphatic rings. The summed E-state index contributed by atoms with van der Waals surface area (Å²) in [6.07, 6.45) is 1.78. The summed E-state index contributed by atoms with van der Waals surface area (Å²) in [6.45, 7) is 1.43. The molecule has 0 N–H and O–H groups in total. The maximum Gasteiger partial charge on any atom is 0.123 e. The second-order valence-electron chi connectivity index (χ2n) is 6.51. The van der Waals surface area contributed by atoms with E-state index in [9.17, 15) is 4.39 Å². The van der Waals surface area contributed by atoms with E-state index in [4.69, 9.17) is 10.00 Å². The Kier molecular flexibility index (Phi) is 6.34. The molecule has 5 heteroatoms. The second-order valence-corrected chi connectivity index (χ2v) is 6.51. The Morgan fingerprint density at radius 1 is 1.20 bits per heavy atom. The summed E-state index contributed by atoms with van der Waals surface area (Å²) >= 11 is 0. The molecular formula is C20H21BrFN2O-. The Morgan fingerprint density at radius 3 is 2.56 bits per heavy atom. The highest BCUT2D eigenvalue weighted by atomic mass is 79.9. The Hall–Kier alpha value is -1.74. The number of benzene rings is 2. The summed E-state index contributed by atoms with van der Waals surface area (Å²) < 4.78 is 19.6. The van der Waals surface area contributed by atoms with Crippen LogP contribution in [0.15, 0.2) is 42.5 Å². The van der Waals surface area contributed by atoms with Gasteiger partial charge in [-0.15, -0.1) is 0 Å². The lowest BCUT2D eigenvalue weighted by Gasteiger charge is -2.31. The number of halogens is 2. The Balaban J connectivity index is 0.00000225. The summed E-state index contributed by atoms with van der Waals surface area (Å²) in [6, 6.07) is 14.5. The van der Waals surface area contributed by atoms with Crippen LogP contribution >= 0.6 is 0 Å². The molecule has 1 unspecified atom stereocenters. The molecule has 1 heterocycles.